The SMILES string of the molecule is Cc1cc2c(n1CC1CCN(C)C1)CCCC2=O. The molecule has 2 aliphatic rings. The molecule has 1 aliphatic heterocycles. The van der Waals surface area contributed by atoms with Gasteiger partial charge in [0, 0.05) is 36.5 Å². The van der Waals surface area contributed by atoms with Gasteiger partial charge in [-0.25, -0.2) is 0 Å². The number of ketones is 1. The van der Waals surface area contributed by atoms with E-state index in [0.29, 0.717) is 5.78 Å². The van der Waals surface area contributed by atoms with Gasteiger partial charge in [0.25, 0.3) is 0 Å². The number of carbonyl (C=O) groups excluding carboxylic acids is 1. The Labute approximate surface area is 109 Å². The summed E-state index contributed by atoms with van der Waals surface area (Å²) in [4.78, 5) is 14.3. The van der Waals surface area contributed by atoms with Crippen molar-refractivity contribution in [1.82, 2.24) is 9.47 Å². The largest absolute Gasteiger partial charge is 0.348 e. The highest BCUT2D eigenvalue weighted by molar-refractivity contribution is 5.98. The molecule has 0 radical (unpaired) electrons. The third-order valence-electron chi connectivity index (χ3n) is 4.46. The normalized spacial score (nSPS) is 24.6. The number of hydrogen-bond donors (Lipinski definition) is 0. The van der Waals surface area contributed by atoms with E-state index in [1.54, 1.807) is 0 Å². The molecular formula is C15H22N2O. The quantitative estimate of drug-likeness (QED) is 0.800. The molecule has 0 spiro atoms. The number of likely N-dealkylation sites (tertiary alicyclic amines) is 1. The molecule has 1 unspecified atom stereocenters. The average Bonchev–Trinajstić information content (AvgIpc) is 2.87. The number of rotatable bonds is 2. The van der Waals surface area contributed by atoms with E-state index in [0.717, 1.165) is 37.3 Å². The van der Waals surface area contributed by atoms with Gasteiger partial charge in [-0.3, -0.25) is 4.79 Å². The van der Waals surface area contributed by atoms with E-state index >= 15 is 0 Å². The van der Waals surface area contributed by atoms with Crippen molar-refractivity contribution in [3.63, 3.8) is 0 Å². The summed E-state index contributed by atoms with van der Waals surface area (Å²) >= 11 is 0. The highest BCUT2D eigenvalue weighted by atomic mass is 16.1. The molecule has 0 saturated carbocycles. The Morgan fingerprint density at radius 2 is 2.22 bits per heavy atom. The van der Waals surface area contributed by atoms with Crippen LogP contribution in [0.1, 0.15) is 41.0 Å². The first-order chi connectivity index (χ1) is 8.65. The molecule has 1 aromatic heterocycles. The second-order valence-corrected chi connectivity index (χ2v) is 5.95. The predicted molar refractivity (Wildman–Crippen MR) is 72.0 cm³/mol. The van der Waals surface area contributed by atoms with Gasteiger partial charge < -0.3 is 9.47 Å². The Kier molecular flexibility index (Phi) is 3.02. The molecule has 1 saturated heterocycles. The number of nitrogens with zero attached hydrogens (tertiary/aromatic N) is 2. The fraction of sp³-hybridized carbons (Fsp3) is 0.667. The van der Waals surface area contributed by atoms with Crippen LogP contribution >= 0.6 is 0 Å². The van der Waals surface area contributed by atoms with Crippen molar-refractivity contribution in [2.75, 3.05) is 20.1 Å². The molecule has 1 fully saturated rings. The minimum Gasteiger partial charge on any atom is -0.348 e. The van der Waals surface area contributed by atoms with E-state index in [4.69, 9.17) is 0 Å². The van der Waals surface area contributed by atoms with Crippen LogP contribution in [0.4, 0.5) is 0 Å². The summed E-state index contributed by atoms with van der Waals surface area (Å²) in [5.74, 6) is 1.10. The van der Waals surface area contributed by atoms with Gasteiger partial charge in [-0.05, 0) is 51.8 Å². The van der Waals surface area contributed by atoms with E-state index in [1.165, 1.54) is 30.9 Å². The third kappa shape index (κ3) is 2.01. The molecule has 0 aromatic carbocycles. The van der Waals surface area contributed by atoms with Gasteiger partial charge in [-0.15, -0.1) is 0 Å². The molecule has 0 amide bonds. The van der Waals surface area contributed by atoms with Crippen LogP contribution in [0.2, 0.25) is 0 Å². The monoisotopic (exact) mass is 246 g/mol. The number of carbonyl (C=O) groups is 1. The first-order valence-electron chi connectivity index (χ1n) is 7.06. The molecule has 98 valence electrons. The Morgan fingerprint density at radius 3 is 2.94 bits per heavy atom. The fourth-order valence-electron chi connectivity index (χ4n) is 3.48. The van der Waals surface area contributed by atoms with Crippen LogP contribution in [0, 0.1) is 12.8 Å². The van der Waals surface area contributed by atoms with Gasteiger partial charge in [-0.2, -0.15) is 0 Å². The maximum absolute atomic E-state index is 11.9. The van der Waals surface area contributed by atoms with Gasteiger partial charge in [-0.1, -0.05) is 0 Å². The van der Waals surface area contributed by atoms with Gasteiger partial charge in [0.1, 0.15) is 0 Å². The minimum absolute atomic E-state index is 0.349. The van der Waals surface area contributed by atoms with E-state index in [1.807, 2.05) is 0 Å². The highest BCUT2D eigenvalue weighted by Gasteiger charge is 2.25. The Hall–Kier alpha value is -1.09. The summed E-state index contributed by atoms with van der Waals surface area (Å²) in [6, 6.07) is 2.11. The topological polar surface area (TPSA) is 25.2 Å². The smallest absolute Gasteiger partial charge is 0.164 e. The van der Waals surface area contributed by atoms with Crippen molar-refractivity contribution in [2.24, 2.45) is 5.92 Å². The maximum atomic E-state index is 11.9. The summed E-state index contributed by atoms with van der Waals surface area (Å²) in [7, 11) is 2.20. The highest BCUT2D eigenvalue weighted by Crippen LogP contribution is 2.27. The molecule has 3 nitrogen and oxygen atoms in total. The molecule has 1 atom stereocenters. The number of aryl methyl sites for hydroxylation is 1. The standard InChI is InChI=1S/C15H22N2O/c1-11-8-13-14(4-3-5-15(13)18)17(11)10-12-6-7-16(2)9-12/h8,12H,3-7,9-10H2,1-2H3. The second-order valence-electron chi connectivity index (χ2n) is 5.95. The number of aromatic nitrogens is 1. The molecule has 1 aromatic rings. The predicted octanol–water partition coefficient (Wildman–Crippen LogP) is 2.27. The Bertz CT molecular complexity index is 475. The minimum atomic E-state index is 0.349. The number of fused-ring (bicyclic) bond motifs is 1. The van der Waals surface area contributed by atoms with Crippen molar-refractivity contribution in [3.05, 3.63) is 23.0 Å². The third-order valence-corrected chi connectivity index (χ3v) is 4.46. The van der Waals surface area contributed by atoms with Gasteiger partial charge in [0.15, 0.2) is 5.78 Å². The van der Waals surface area contributed by atoms with Crippen LogP contribution in [0.25, 0.3) is 0 Å². The van der Waals surface area contributed by atoms with Gasteiger partial charge in [0.2, 0.25) is 0 Å². The van der Waals surface area contributed by atoms with Crippen molar-refractivity contribution in [1.29, 1.82) is 0 Å². The van der Waals surface area contributed by atoms with Crippen molar-refractivity contribution < 1.29 is 4.79 Å². The van der Waals surface area contributed by atoms with E-state index < -0.39 is 0 Å². The van der Waals surface area contributed by atoms with E-state index in [-0.39, 0.29) is 0 Å². The molecule has 2 heterocycles. The zero-order chi connectivity index (χ0) is 12.7. The molecule has 18 heavy (non-hydrogen) atoms. The lowest BCUT2D eigenvalue weighted by atomic mass is 9.96. The molecule has 3 heteroatoms. The fourth-order valence-corrected chi connectivity index (χ4v) is 3.48. The molecule has 0 bridgehead atoms. The summed E-state index contributed by atoms with van der Waals surface area (Å²) < 4.78 is 2.41. The Balaban J connectivity index is 1.86. The van der Waals surface area contributed by atoms with Crippen LogP contribution in [0.5, 0.6) is 0 Å². The number of Topliss-reactive ketones (excluding diaryl/α,β-unsaturated/α-hetero) is 1. The molecule has 3 rings (SSSR count). The molecular weight excluding hydrogens is 224 g/mol. The summed E-state index contributed by atoms with van der Waals surface area (Å²) in [5.41, 5.74) is 3.58. The van der Waals surface area contributed by atoms with E-state index in [9.17, 15) is 4.79 Å². The zero-order valence-corrected chi connectivity index (χ0v) is 11.4. The summed E-state index contributed by atoms with van der Waals surface area (Å²) in [6.07, 6.45) is 4.14. The van der Waals surface area contributed by atoms with Gasteiger partial charge >= 0.3 is 0 Å². The van der Waals surface area contributed by atoms with Gasteiger partial charge in [0.05, 0.1) is 0 Å². The second kappa shape index (κ2) is 4.54. The lowest BCUT2D eigenvalue weighted by Crippen LogP contribution is -2.20. The lowest BCUT2D eigenvalue weighted by molar-refractivity contribution is 0.0971. The van der Waals surface area contributed by atoms with Crippen molar-refractivity contribution >= 4 is 5.78 Å². The van der Waals surface area contributed by atoms with E-state index in [2.05, 4.69) is 29.5 Å². The molecule has 1 aliphatic carbocycles. The van der Waals surface area contributed by atoms with Crippen LogP contribution in [0.15, 0.2) is 6.07 Å². The van der Waals surface area contributed by atoms with Crippen LogP contribution in [-0.2, 0) is 13.0 Å². The Morgan fingerprint density at radius 1 is 1.39 bits per heavy atom. The molecule has 0 N–H and O–H groups in total. The lowest BCUT2D eigenvalue weighted by Gasteiger charge is -2.19. The average molecular weight is 246 g/mol. The number of hydrogen-bond acceptors (Lipinski definition) is 2. The summed E-state index contributed by atoms with van der Waals surface area (Å²) in [6.45, 7) is 5.65. The maximum Gasteiger partial charge on any atom is 0.164 e. The first kappa shape index (κ1) is 12.0. The van der Waals surface area contributed by atoms with Crippen LogP contribution < -0.4 is 0 Å². The first-order valence-corrected chi connectivity index (χ1v) is 7.06. The van der Waals surface area contributed by atoms with Crippen molar-refractivity contribution in [3.8, 4) is 0 Å². The van der Waals surface area contributed by atoms with Crippen molar-refractivity contribution in [2.45, 2.75) is 39.2 Å². The summed E-state index contributed by atoms with van der Waals surface area (Å²) in [5, 5.41) is 0. The zero-order valence-electron chi connectivity index (χ0n) is 11.4. The van der Waals surface area contributed by atoms with Crippen LogP contribution in [-0.4, -0.2) is 35.4 Å². The van der Waals surface area contributed by atoms with Crippen LogP contribution in [0.3, 0.4) is 0 Å².